The van der Waals surface area contributed by atoms with E-state index in [2.05, 4.69) is 39.5 Å². The first kappa shape index (κ1) is 31.8. The first-order chi connectivity index (χ1) is 22.2. The largest absolute Gasteiger partial charge is 0.495 e. The third-order valence-corrected chi connectivity index (χ3v) is 9.99. The van der Waals surface area contributed by atoms with Gasteiger partial charge in [0.2, 0.25) is 0 Å². The zero-order chi connectivity index (χ0) is 32.3. The standard InChI is InChI=1S/C35H37F3N4O3S/c1-3-46(43)28-13-14-31(33(21-28)44-2)39-17-5-6-27-20-29-30(7-4-8-32(29)42(27)24-35(36,37)38)40-25-9-11-26(12-10-25)41-22-34(23-41)15-18-45-19-16-34/h4,7-14,20-21,39-40H,3,15-19,22-24H2,1-2H3. The van der Waals surface area contributed by atoms with Crippen LogP contribution in [0.3, 0.4) is 0 Å². The third-order valence-electron chi connectivity index (χ3n) is 8.68. The third kappa shape index (κ3) is 6.98. The first-order valence-electron chi connectivity index (χ1n) is 15.3. The zero-order valence-corrected chi connectivity index (χ0v) is 26.7. The lowest BCUT2D eigenvalue weighted by Gasteiger charge is -2.53. The SMILES string of the molecule is CCS(=O)c1ccc(NCC#Cc2cc3c(Nc4ccc(N5CC6(CCOCC6)C5)cc4)cccc3n2CC(F)(F)F)c(OC)c1. The fourth-order valence-corrected chi connectivity index (χ4v) is 7.02. The van der Waals surface area contributed by atoms with E-state index in [1.165, 1.54) is 11.7 Å². The fraction of sp³-hybridized carbons (Fsp3) is 0.371. The molecule has 3 aromatic carbocycles. The highest BCUT2D eigenvalue weighted by Gasteiger charge is 2.43. The van der Waals surface area contributed by atoms with Crippen molar-refractivity contribution in [2.45, 2.75) is 37.4 Å². The maximum Gasteiger partial charge on any atom is 0.406 e. The normalized spacial score (nSPS) is 16.4. The van der Waals surface area contributed by atoms with E-state index in [-0.39, 0.29) is 12.2 Å². The summed E-state index contributed by atoms with van der Waals surface area (Å²) in [5.41, 5.74) is 4.44. The Hall–Kier alpha value is -4.14. The molecule has 2 aliphatic heterocycles. The summed E-state index contributed by atoms with van der Waals surface area (Å²) < 4.78 is 65.4. The van der Waals surface area contributed by atoms with Gasteiger partial charge in [-0.05, 0) is 79.4 Å². The Balaban J connectivity index is 1.19. The van der Waals surface area contributed by atoms with Crippen molar-refractivity contribution in [3.05, 3.63) is 72.4 Å². The van der Waals surface area contributed by atoms with Gasteiger partial charge in [-0.3, -0.25) is 4.21 Å². The van der Waals surface area contributed by atoms with Crippen molar-refractivity contribution in [2.24, 2.45) is 5.41 Å². The van der Waals surface area contributed by atoms with Gasteiger partial charge in [0.25, 0.3) is 0 Å². The van der Waals surface area contributed by atoms with Crippen molar-refractivity contribution in [2.75, 3.05) is 61.2 Å². The molecular weight excluding hydrogens is 613 g/mol. The van der Waals surface area contributed by atoms with Gasteiger partial charge in [-0.1, -0.05) is 18.9 Å². The van der Waals surface area contributed by atoms with Crippen LogP contribution in [0.4, 0.5) is 35.9 Å². The van der Waals surface area contributed by atoms with E-state index < -0.39 is 23.5 Å². The number of ether oxygens (including phenoxy) is 2. The van der Waals surface area contributed by atoms with Crippen LogP contribution in [0, 0.1) is 17.3 Å². The van der Waals surface area contributed by atoms with Gasteiger partial charge in [-0.25, -0.2) is 0 Å². The Morgan fingerprint density at radius 1 is 1.02 bits per heavy atom. The van der Waals surface area contributed by atoms with Crippen LogP contribution in [-0.4, -0.2) is 60.7 Å². The molecule has 0 bridgehead atoms. The molecule has 242 valence electrons. The predicted octanol–water partition coefficient (Wildman–Crippen LogP) is 7.16. The van der Waals surface area contributed by atoms with E-state index in [1.807, 2.05) is 25.1 Å². The van der Waals surface area contributed by atoms with Crippen molar-refractivity contribution in [3.63, 3.8) is 0 Å². The first-order valence-corrected chi connectivity index (χ1v) is 16.7. The minimum absolute atomic E-state index is 0.170. The van der Waals surface area contributed by atoms with Gasteiger partial charge in [-0.2, -0.15) is 13.2 Å². The molecule has 2 saturated heterocycles. The highest BCUT2D eigenvalue weighted by molar-refractivity contribution is 7.85. The van der Waals surface area contributed by atoms with E-state index >= 15 is 0 Å². The molecule has 3 heterocycles. The summed E-state index contributed by atoms with van der Waals surface area (Å²) in [6, 6.07) is 20.4. The lowest BCUT2D eigenvalue weighted by Crippen LogP contribution is -2.58. The molecule has 6 rings (SSSR count). The molecule has 11 heteroatoms. The second-order valence-corrected chi connectivity index (χ2v) is 13.5. The number of fused-ring (bicyclic) bond motifs is 1. The smallest absolute Gasteiger partial charge is 0.406 e. The Morgan fingerprint density at radius 3 is 2.48 bits per heavy atom. The summed E-state index contributed by atoms with van der Waals surface area (Å²) >= 11 is 0. The highest BCUT2D eigenvalue weighted by atomic mass is 32.2. The quantitative estimate of drug-likeness (QED) is 0.188. The summed E-state index contributed by atoms with van der Waals surface area (Å²) in [7, 11) is 0.401. The molecule has 46 heavy (non-hydrogen) atoms. The molecule has 1 aromatic heterocycles. The van der Waals surface area contributed by atoms with Crippen LogP contribution >= 0.6 is 0 Å². The van der Waals surface area contributed by atoms with E-state index in [1.54, 1.807) is 36.4 Å². The molecule has 2 fully saturated rings. The van der Waals surface area contributed by atoms with Gasteiger partial charge in [0, 0.05) is 64.8 Å². The summed E-state index contributed by atoms with van der Waals surface area (Å²) in [6.45, 7) is 4.61. The highest BCUT2D eigenvalue weighted by Crippen LogP contribution is 2.42. The number of aromatic nitrogens is 1. The summed E-state index contributed by atoms with van der Waals surface area (Å²) in [6.07, 6.45) is -2.21. The molecule has 1 unspecified atom stereocenters. The number of hydrogen-bond acceptors (Lipinski definition) is 6. The second-order valence-electron chi connectivity index (χ2n) is 11.8. The van der Waals surface area contributed by atoms with Crippen molar-refractivity contribution in [1.29, 1.82) is 0 Å². The van der Waals surface area contributed by atoms with Crippen LogP contribution in [0.25, 0.3) is 10.9 Å². The average molecular weight is 651 g/mol. The summed E-state index contributed by atoms with van der Waals surface area (Å²) in [5.74, 6) is 6.91. The fourth-order valence-electron chi connectivity index (χ4n) is 6.22. The number of anilines is 4. The van der Waals surface area contributed by atoms with Crippen LogP contribution in [0.15, 0.2) is 71.6 Å². The molecule has 2 N–H and O–H groups in total. The predicted molar refractivity (Wildman–Crippen MR) is 178 cm³/mol. The lowest BCUT2D eigenvalue weighted by atomic mass is 9.73. The van der Waals surface area contributed by atoms with Crippen molar-refractivity contribution in [3.8, 4) is 17.6 Å². The van der Waals surface area contributed by atoms with Crippen LogP contribution in [-0.2, 0) is 22.1 Å². The monoisotopic (exact) mass is 650 g/mol. The number of nitrogens with zero attached hydrogens (tertiary/aromatic N) is 2. The van der Waals surface area contributed by atoms with Gasteiger partial charge in [0.1, 0.15) is 12.3 Å². The number of hydrogen-bond donors (Lipinski definition) is 2. The number of benzene rings is 3. The van der Waals surface area contributed by atoms with Gasteiger partial charge < -0.3 is 29.6 Å². The van der Waals surface area contributed by atoms with E-state index in [0.29, 0.717) is 44.1 Å². The van der Waals surface area contributed by atoms with Crippen LogP contribution in [0.2, 0.25) is 0 Å². The summed E-state index contributed by atoms with van der Waals surface area (Å²) in [4.78, 5) is 3.04. The molecule has 2 aliphatic rings. The van der Waals surface area contributed by atoms with Crippen LogP contribution in [0.1, 0.15) is 25.5 Å². The lowest BCUT2D eigenvalue weighted by molar-refractivity contribution is -0.140. The maximum atomic E-state index is 13.7. The maximum absolute atomic E-state index is 13.7. The molecule has 0 saturated carbocycles. The molecular formula is C35H37F3N4O3S. The minimum Gasteiger partial charge on any atom is -0.495 e. The molecule has 0 amide bonds. The number of rotatable bonds is 9. The molecule has 1 atom stereocenters. The van der Waals surface area contributed by atoms with E-state index in [9.17, 15) is 17.4 Å². The number of methoxy groups -OCH3 is 1. The number of nitrogens with one attached hydrogen (secondary N) is 2. The van der Waals surface area contributed by atoms with Gasteiger partial charge in [0.05, 0.1) is 41.4 Å². The van der Waals surface area contributed by atoms with Crippen molar-refractivity contribution >= 4 is 44.5 Å². The number of halogens is 3. The van der Waals surface area contributed by atoms with Crippen LogP contribution < -0.4 is 20.3 Å². The topological polar surface area (TPSA) is 67.8 Å². The Bertz CT molecular complexity index is 1780. The molecule has 7 nitrogen and oxygen atoms in total. The van der Waals surface area contributed by atoms with Gasteiger partial charge in [-0.15, -0.1) is 0 Å². The number of alkyl halides is 3. The van der Waals surface area contributed by atoms with Gasteiger partial charge >= 0.3 is 6.18 Å². The van der Waals surface area contributed by atoms with E-state index in [4.69, 9.17) is 9.47 Å². The van der Waals surface area contributed by atoms with E-state index in [0.717, 1.165) is 50.5 Å². The van der Waals surface area contributed by atoms with Gasteiger partial charge in [0.15, 0.2) is 0 Å². The summed E-state index contributed by atoms with van der Waals surface area (Å²) in [5, 5.41) is 7.20. The second kappa shape index (κ2) is 13.3. The zero-order valence-electron chi connectivity index (χ0n) is 25.9. The molecule has 4 aromatic rings. The van der Waals surface area contributed by atoms with Crippen LogP contribution in [0.5, 0.6) is 5.75 Å². The molecule has 0 aliphatic carbocycles. The van der Waals surface area contributed by atoms with Crippen molar-refractivity contribution in [1.82, 2.24) is 4.57 Å². The molecule has 0 radical (unpaired) electrons. The molecule has 1 spiro atoms. The average Bonchev–Trinajstić information content (AvgIpc) is 3.38. The Morgan fingerprint density at radius 2 is 1.78 bits per heavy atom. The van der Waals surface area contributed by atoms with Crippen molar-refractivity contribution < 1.29 is 26.9 Å². The Kier molecular flexibility index (Phi) is 9.20. The Labute approximate surface area is 269 Å². The minimum atomic E-state index is -4.42.